The predicted octanol–water partition coefficient (Wildman–Crippen LogP) is 4.06. The highest BCUT2D eigenvalue weighted by Crippen LogP contribution is 2.30. The third-order valence-corrected chi connectivity index (χ3v) is 6.89. The first-order valence-corrected chi connectivity index (χ1v) is 12.2. The SMILES string of the molecule is CS(=O)(=O)c1ccc(Nc2nc(C(=O)Nc3nc4ccc([N+](=O)[O-])cc4s3)cs2)cc1. The standard InChI is InChI=1S/C18H13N5O5S3/c1-31(27,28)12-5-2-10(3-6-12)19-17-21-14(9-29-17)16(24)22-18-20-13-7-4-11(23(25)26)8-15(13)30-18/h2-9H,1H3,(H,19,21)(H,20,22,24). The Morgan fingerprint density at radius 2 is 1.84 bits per heavy atom. The van der Waals surface area contributed by atoms with E-state index in [9.17, 15) is 23.3 Å². The van der Waals surface area contributed by atoms with Crippen molar-refractivity contribution in [2.24, 2.45) is 0 Å². The summed E-state index contributed by atoms with van der Waals surface area (Å²) in [7, 11) is -3.28. The number of fused-ring (bicyclic) bond motifs is 1. The van der Waals surface area contributed by atoms with Crippen LogP contribution in [0.5, 0.6) is 0 Å². The van der Waals surface area contributed by atoms with E-state index in [-0.39, 0.29) is 16.3 Å². The number of non-ortho nitro benzene ring substituents is 1. The second kappa shape index (κ2) is 8.02. The summed E-state index contributed by atoms with van der Waals surface area (Å²) in [6.45, 7) is 0. The van der Waals surface area contributed by atoms with Crippen molar-refractivity contribution in [3.8, 4) is 0 Å². The lowest BCUT2D eigenvalue weighted by atomic mass is 10.3. The zero-order valence-corrected chi connectivity index (χ0v) is 18.2. The van der Waals surface area contributed by atoms with E-state index >= 15 is 0 Å². The largest absolute Gasteiger partial charge is 0.332 e. The van der Waals surface area contributed by atoms with E-state index in [0.29, 0.717) is 26.2 Å². The first-order valence-electron chi connectivity index (χ1n) is 8.58. The Morgan fingerprint density at radius 3 is 2.52 bits per heavy atom. The molecule has 1 amide bonds. The molecule has 0 atom stereocenters. The molecule has 2 heterocycles. The molecule has 13 heteroatoms. The van der Waals surface area contributed by atoms with E-state index in [0.717, 1.165) is 17.6 Å². The van der Waals surface area contributed by atoms with E-state index in [2.05, 4.69) is 20.6 Å². The number of nitrogens with zero attached hydrogens (tertiary/aromatic N) is 3. The minimum atomic E-state index is -3.28. The highest BCUT2D eigenvalue weighted by molar-refractivity contribution is 7.90. The third kappa shape index (κ3) is 4.68. The average molecular weight is 476 g/mol. The molecule has 10 nitrogen and oxygen atoms in total. The van der Waals surface area contributed by atoms with Crippen molar-refractivity contribution < 1.29 is 18.1 Å². The first-order chi connectivity index (χ1) is 14.7. The van der Waals surface area contributed by atoms with Gasteiger partial charge in [0, 0.05) is 29.5 Å². The van der Waals surface area contributed by atoms with Crippen molar-refractivity contribution in [3.63, 3.8) is 0 Å². The van der Waals surface area contributed by atoms with Gasteiger partial charge < -0.3 is 5.32 Å². The number of aromatic nitrogens is 2. The fraction of sp³-hybridized carbons (Fsp3) is 0.0556. The van der Waals surface area contributed by atoms with Crippen LogP contribution in [0, 0.1) is 10.1 Å². The van der Waals surface area contributed by atoms with E-state index in [1.54, 1.807) is 17.5 Å². The Balaban J connectivity index is 1.45. The van der Waals surface area contributed by atoms with Gasteiger partial charge in [0.05, 0.1) is 20.0 Å². The van der Waals surface area contributed by atoms with Crippen LogP contribution in [0.4, 0.5) is 21.6 Å². The van der Waals surface area contributed by atoms with Gasteiger partial charge in [-0.15, -0.1) is 11.3 Å². The molecule has 158 valence electrons. The number of carbonyl (C=O) groups excluding carboxylic acids is 1. The fourth-order valence-corrected chi connectivity index (χ4v) is 4.82. The van der Waals surface area contributed by atoms with Crippen molar-refractivity contribution in [1.29, 1.82) is 0 Å². The Morgan fingerprint density at radius 1 is 1.10 bits per heavy atom. The zero-order chi connectivity index (χ0) is 22.2. The molecule has 2 aromatic carbocycles. The van der Waals surface area contributed by atoms with Gasteiger partial charge in [-0.1, -0.05) is 11.3 Å². The van der Waals surface area contributed by atoms with Crippen molar-refractivity contribution >= 4 is 70.3 Å². The van der Waals surface area contributed by atoms with E-state index < -0.39 is 20.7 Å². The molecule has 2 N–H and O–H groups in total. The fourth-order valence-electron chi connectivity index (χ4n) is 2.59. The van der Waals surface area contributed by atoms with E-state index in [1.807, 2.05) is 0 Å². The minimum absolute atomic E-state index is 0.0474. The van der Waals surface area contributed by atoms with Crippen LogP contribution in [0.3, 0.4) is 0 Å². The summed E-state index contributed by atoms with van der Waals surface area (Å²) in [5.41, 5.74) is 1.30. The molecule has 0 bridgehead atoms. The summed E-state index contributed by atoms with van der Waals surface area (Å²) in [6.07, 6.45) is 1.13. The number of anilines is 3. The van der Waals surface area contributed by atoms with Crippen LogP contribution in [0.2, 0.25) is 0 Å². The number of benzene rings is 2. The zero-order valence-electron chi connectivity index (χ0n) is 15.7. The molecule has 0 aliphatic carbocycles. The van der Waals surface area contributed by atoms with Gasteiger partial charge >= 0.3 is 0 Å². The van der Waals surface area contributed by atoms with Crippen molar-refractivity contribution in [2.45, 2.75) is 4.90 Å². The molecule has 4 rings (SSSR count). The van der Waals surface area contributed by atoms with Gasteiger partial charge in [-0.3, -0.25) is 20.2 Å². The number of sulfone groups is 1. The second-order valence-electron chi connectivity index (χ2n) is 6.34. The van der Waals surface area contributed by atoms with Crippen LogP contribution in [-0.2, 0) is 9.84 Å². The molecular formula is C18H13N5O5S3. The van der Waals surface area contributed by atoms with Gasteiger partial charge in [-0.25, -0.2) is 18.4 Å². The number of carbonyl (C=O) groups is 1. The topological polar surface area (TPSA) is 144 Å². The third-order valence-electron chi connectivity index (χ3n) is 4.07. The summed E-state index contributed by atoms with van der Waals surface area (Å²) in [4.78, 5) is 31.6. The van der Waals surface area contributed by atoms with Crippen LogP contribution in [0.15, 0.2) is 52.7 Å². The average Bonchev–Trinajstić information content (AvgIpc) is 3.33. The molecule has 31 heavy (non-hydrogen) atoms. The monoisotopic (exact) mass is 475 g/mol. The summed E-state index contributed by atoms with van der Waals surface area (Å²) in [5.74, 6) is -0.467. The van der Waals surface area contributed by atoms with Gasteiger partial charge in [0.15, 0.2) is 20.1 Å². The lowest BCUT2D eigenvalue weighted by Gasteiger charge is -2.03. The smallest absolute Gasteiger partial charge is 0.276 e. The van der Waals surface area contributed by atoms with Crippen molar-refractivity contribution in [2.75, 3.05) is 16.9 Å². The van der Waals surface area contributed by atoms with Gasteiger partial charge in [0.25, 0.3) is 11.6 Å². The molecule has 0 radical (unpaired) electrons. The first kappa shape index (κ1) is 20.8. The quantitative estimate of drug-likeness (QED) is 0.314. The lowest BCUT2D eigenvalue weighted by molar-refractivity contribution is -0.384. The molecule has 0 spiro atoms. The Kier molecular flexibility index (Phi) is 5.39. The van der Waals surface area contributed by atoms with Crippen LogP contribution >= 0.6 is 22.7 Å². The Hall–Kier alpha value is -3.42. The maximum Gasteiger partial charge on any atom is 0.276 e. The Labute approximate surface area is 183 Å². The molecule has 2 aromatic heterocycles. The molecule has 0 unspecified atom stereocenters. The Bertz CT molecular complexity index is 1410. The van der Waals surface area contributed by atoms with E-state index in [1.165, 1.54) is 41.7 Å². The summed E-state index contributed by atoms with van der Waals surface area (Å²) >= 11 is 2.34. The maximum atomic E-state index is 12.5. The maximum absolute atomic E-state index is 12.5. The molecule has 4 aromatic rings. The highest BCUT2D eigenvalue weighted by Gasteiger charge is 2.15. The lowest BCUT2D eigenvalue weighted by Crippen LogP contribution is -2.12. The van der Waals surface area contributed by atoms with Gasteiger partial charge in [0.1, 0.15) is 5.69 Å². The van der Waals surface area contributed by atoms with E-state index in [4.69, 9.17) is 0 Å². The van der Waals surface area contributed by atoms with Gasteiger partial charge in [-0.2, -0.15) is 0 Å². The number of hydrogen-bond donors (Lipinski definition) is 2. The van der Waals surface area contributed by atoms with Crippen molar-refractivity contribution in [1.82, 2.24) is 9.97 Å². The summed E-state index contributed by atoms with van der Waals surface area (Å²) in [5, 5.41) is 18.9. The van der Waals surface area contributed by atoms with Crippen LogP contribution in [0.1, 0.15) is 10.5 Å². The highest BCUT2D eigenvalue weighted by atomic mass is 32.2. The number of nitro groups is 1. The van der Waals surface area contributed by atoms with Crippen molar-refractivity contribution in [3.05, 3.63) is 63.7 Å². The van der Waals surface area contributed by atoms with Crippen LogP contribution in [0.25, 0.3) is 10.2 Å². The molecule has 0 fully saturated rings. The summed E-state index contributed by atoms with van der Waals surface area (Å²) in [6, 6.07) is 10.5. The number of nitrogens with one attached hydrogen (secondary N) is 2. The number of amides is 1. The van der Waals surface area contributed by atoms with Gasteiger partial charge in [-0.05, 0) is 30.3 Å². The minimum Gasteiger partial charge on any atom is -0.332 e. The van der Waals surface area contributed by atoms with Crippen LogP contribution in [-0.4, -0.2) is 35.5 Å². The van der Waals surface area contributed by atoms with Crippen LogP contribution < -0.4 is 10.6 Å². The molecule has 0 aliphatic rings. The molecule has 0 saturated heterocycles. The second-order valence-corrected chi connectivity index (χ2v) is 10.2. The summed E-state index contributed by atoms with van der Waals surface area (Å²) < 4.78 is 23.6. The number of thiazole rings is 2. The normalized spacial score (nSPS) is 11.4. The van der Waals surface area contributed by atoms with Gasteiger partial charge in [0.2, 0.25) is 0 Å². The predicted molar refractivity (Wildman–Crippen MR) is 119 cm³/mol. The molecule has 0 aliphatic heterocycles. The number of nitro benzene ring substituents is 1. The number of rotatable bonds is 6. The number of hydrogen-bond acceptors (Lipinski definition) is 10. The molecule has 0 saturated carbocycles. The molecular weight excluding hydrogens is 462 g/mol.